The summed E-state index contributed by atoms with van der Waals surface area (Å²) in [7, 11) is 1.63. The van der Waals surface area contributed by atoms with Crippen LogP contribution >= 0.6 is 23.2 Å². The number of halogens is 2. The van der Waals surface area contributed by atoms with Crippen LogP contribution in [-0.4, -0.2) is 23.9 Å². The van der Waals surface area contributed by atoms with Crippen LogP contribution in [-0.2, 0) is 0 Å². The number of fused-ring (bicyclic) bond motifs is 3. The molecule has 0 fully saturated rings. The highest BCUT2D eigenvalue weighted by Gasteiger charge is 2.14. The Morgan fingerprint density at radius 1 is 1.09 bits per heavy atom. The summed E-state index contributed by atoms with van der Waals surface area (Å²) in [5, 5.41) is 2.05. The Hall–Kier alpha value is -2.17. The third-order valence-corrected chi connectivity index (χ3v) is 3.49. The van der Waals surface area contributed by atoms with E-state index in [4.69, 9.17) is 27.6 Å². The minimum absolute atomic E-state index is 0.00344. The number of furan rings is 1. The van der Waals surface area contributed by atoms with Gasteiger partial charge in [-0.05, 0) is 23.7 Å². The second kappa shape index (κ2) is 6.30. The molecule has 0 spiro atoms. The van der Waals surface area contributed by atoms with Gasteiger partial charge in [-0.15, -0.1) is 0 Å². The summed E-state index contributed by atoms with van der Waals surface area (Å²) >= 11 is 11.3. The van der Waals surface area contributed by atoms with Crippen molar-refractivity contribution in [2.75, 3.05) is 7.05 Å². The highest BCUT2D eigenvalue weighted by atomic mass is 35.5. The van der Waals surface area contributed by atoms with Crippen molar-refractivity contribution in [1.82, 2.24) is 0 Å². The van der Waals surface area contributed by atoms with E-state index in [9.17, 15) is 0 Å². The number of para-hydroxylation sites is 2. The fourth-order valence-corrected chi connectivity index (χ4v) is 2.58. The smallest absolute Gasteiger partial charge is 0.225 e. The summed E-state index contributed by atoms with van der Waals surface area (Å²) in [6.07, 6.45) is 0. The van der Waals surface area contributed by atoms with E-state index in [1.54, 1.807) is 7.05 Å². The van der Waals surface area contributed by atoms with E-state index in [1.807, 2.05) is 42.5 Å². The lowest BCUT2D eigenvalue weighted by Crippen LogP contribution is -2.00. The van der Waals surface area contributed by atoms with Gasteiger partial charge in [0.25, 0.3) is 0 Å². The molecule has 0 aliphatic heterocycles. The third-order valence-electron chi connectivity index (χ3n) is 3.21. The molecule has 0 N–H and O–H groups in total. The molecule has 0 saturated carbocycles. The molecule has 0 amide bonds. The molecule has 22 heavy (non-hydrogen) atoms. The molecule has 0 saturated heterocycles. The molecule has 4 nitrogen and oxygen atoms in total. The summed E-state index contributed by atoms with van der Waals surface area (Å²) in [4.78, 5) is 12.0. The molecule has 1 heterocycles. The standard InChI is InChI=1S/C16H11Cl2N3O/c1-19-15(21-16(18)20-9-17)12-7-4-6-11-10-5-2-3-8-13(10)22-14(11)12/h2-9H,1H3/b19-15-,20-9+,21-16-. The number of hydrogen-bond acceptors (Lipinski definition) is 2. The maximum Gasteiger partial charge on any atom is 0.225 e. The predicted octanol–water partition coefficient (Wildman–Crippen LogP) is 4.82. The van der Waals surface area contributed by atoms with Crippen LogP contribution in [0.15, 0.2) is 61.9 Å². The lowest BCUT2D eigenvalue weighted by atomic mass is 10.1. The second-order valence-corrected chi connectivity index (χ2v) is 4.97. The lowest BCUT2D eigenvalue weighted by molar-refractivity contribution is 0.668. The Kier molecular flexibility index (Phi) is 4.22. The Morgan fingerprint density at radius 3 is 2.64 bits per heavy atom. The minimum atomic E-state index is 0.00344. The van der Waals surface area contributed by atoms with Gasteiger partial charge < -0.3 is 4.42 Å². The van der Waals surface area contributed by atoms with Gasteiger partial charge in [0.15, 0.2) is 5.84 Å². The first-order valence-electron chi connectivity index (χ1n) is 6.49. The molecule has 2 aromatic carbocycles. The van der Waals surface area contributed by atoms with Crippen LogP contribution in [0.5, 0.6) is 0 Å². The molecule has 1 aromatic heterocycles. The van der Waals surface area contributed by atoms with Crippen molar-refractivity contribution >= 4 is 61.9 Å². The topological polar surface area (TPSA) is 50.2 Å². The predicted molar refractivity (Wildman–Crippen MR) is 93.8 cm³/mol. The van der Waals surface area contributed by atoms with Crippen LogP contribution in [0.2, 0.25) is 0 Å². The maximum atomic E-state index is 5.95. The molecule has 0 bridgehead atoms. The number of hydrogen-bond donors (Lipinski definition) is 0. The van der Waals surface area contributed by atoms with E-state index < -0.39 is 0 Å². The molecule has 3 rings (SSSR count). The first-order valence-corrected chi connectivity index (χ1v) is 7.30. The van der Waals surface area contributed by atoms with Crippen LogP contribution in [0, 0.1) is 0 Å². The molecular weight excluding hydrogens is 321 g/mol. The highest BCUT2D eigenvalue weighted by Crippen LogP contribution is 2.31. The van der Waals surface area contributed by atoms with Crippen LogP contribution in [0.4, 0.5) is 0 Å². The first-order chi connectivity index (χ1) is 10.7. The van der Waals surface area contributed by atoms with E-state index >= 15 is 0 Å². The zero-order valence-corrected chi connectivity index (χ0v) is 13.1. The Balaban J connectivity index is 2.24. The fourth-order valence-electron chi connectivity index (χ4n) is 2.31. The van der Waals surface area contributed by atoms with Crippen molar-refractivity contribution in [1.29, 1.82) is 0 Å². The average Bonchev–Trinajstić information content (AvgIpc) is 2.91. The van der Waals surface area contributed by atoms with Crippen LogP contribution in [0.25, 0.3) is 21.9 Å². The molecule has 0 atom stereocenters. The van der Waals surface area contributed by atoms with Gasteiger partial charge in [0.2, 0.25) is 5.29 Å². The Labute approximate surface area is 136 Å². The normalized spacial score (nSPS) is 13.6. The summed E-state index contributed by atoms with van der Waals surface area (Å²) in [6.45, 7) is 0. The van der Waals surface area contributed by atoms with Crippen LogP contribution in [0.3, 0.4) is 0 Å². The van der Waals surface area contributed by atoms with Gasteiger partial charge in [-0.2, -0.15) is 4.99 Å². The van der Waals surface area contributed by atoms with E-state index in [-0.39, 0.29) is 5.29 Å². The van der Waals surface area contributed by atoms with Gasteiger partial charge in [-0.1, -0.05) is 41.9 Å². The molecule has 0 aliphatic carbocycles. The number of rotatable bonds is 1. The van der Waals surface area contributed by atoms with Gasteiger partial charge in [-0.3, -0.25) is 4.99 Å². The Bertz CT molecular complexity index is 925. The number of aliphatic imine (C=N–C) groups is 3. The zero-order chi connectivity index (χ0) is 15.5. The van der Waals surface area contributed by atoms with Crippen molar-refractivity contribution in [2.24, 2.45) is 15.0 Å². The first kappa shape index (κ1) is 14.8. The van der Waals surface area contributed by atoms with Gasteiger partial charge in [-0.25, -0.2) is 4.99 Å². The fraction of sp³-hybridized carbons (Fsp3) is 0.0625. The van der Waals surface area contributed by atoms with Gasteiger partial charge in [0, 0.05) is 17.8 Å². The third kappa shape index (κ3) is 2.63. The van der Waals surface area contributed by atoms with E-state index in [0.29, 0.717) is 11.4 Å². The second-order valence-electron chi connectivity index (χ2n) is 4.44. The lowest BCUT2D eigenvalue weighted by Gasteiger charge is -2.01. The Morgan fingerprint density at radius 2 is 1.86 bits per heavy atom. The monoisotopic (exact) mass is 331 g/mol. The van der Waals surface area contributed by atoms with Gasteiger partial charge in [0.1, 0.15) is 11.2 Å². The highest BCUT2D eigenvalue weighted by molar-refractivity contribution is 6.68. The van der Waals surface area contributed by atoms with Crippen molar-refractivity contribution in [2.45, 2.75) is 0 Å². The maximum absolute atomic E-state index is 5.95. The van der Waals surface area contributed by atoms with E-state index in [1.165, 1.54) is 0 Å². The summed E-state index contributed by atoms with van der Waals surface area (Å²) in [6, 6.07) is 13.7. The van der Waals surface area contributed by atoms with Crippen LogP contribution in [0.1, 0.15) is 5.56 Å². The molecule has 0 aliphatic rings. The largest absolute Gasteiger partial charge is 0.455 e. The molecular formula is C16H11Cl2N3O. The van der Waals surface area contributed by atoms with Crippen molar-refractivity contribution < 1.29 is 4.42 Å². The summed E-state index contributed by atoms with van der Waals surface area (Å²) < 4.78 is 5.95. The van der Waals surface area contributed by atoms with Crippen LogP contribution < -0.4 is 0 Å². The van der Waals surface area contributed by atoms with Crippen molar-refractivity contribution in [3.05, 3.63) is 48.0 Å². The molecule has 0 radical (unpaired) electrons. The molecule has 0 unspecified atom stereocenters. The SMILES string of the molecule is C\N=C(/N=C(Cl)\N=C\Cl)c1cccc2c1oc1ccccc12. The number of benzene rings is 2. The van der Waals surface area contributed by atoms with Crippen molar-refractivity contribution in [3.63, 3.8) is 0 Å². The quantitative estimate of drug-likeness (QED) is 0.358. The van der Waals surface area contributed by atoms with Gasteiger partial charge >= 0.3 is 0 Å². The molecule has 6 heteroatoms. The summed E-state index contributed by atoms with van der Waals surface area (Å²) in [5.74, 6) is 0.428. The molecule has 110 valence electrons. The van der Waals surface area contributed by atoms with E-state index in [2.05, 4.69) is 15.0 Å². The van der Waals surface area contributed by atoms with Gasteiger partial charge in [0.05, 0.1) is 11.2 Å². The zero-order valence-electron chi connectivity index (χ0n) is 11.6. The minimum Gasteiger partial charge on any atom is -0.455 e. The average molecular weight is 332 g/mol. The number of amidine groups is 2. The van der Waals surface area contributed by atoms with Crippen molar-refractivity contribution in [3.8, 4) is 0 Å². The summed E-state index contributed by atoms with van der Waals surface area (Å²) in [5.41, 5.74) is 3.33. The molecule has 3 aromatic rings. The number of nitrogens with zero attached hydrogens (tertiary/aromatic N) is 3. The van der Waals surface area contributed by atoms with E-state index in [0.717, 1.165) is 27.6 Å².